The molecule has 1 amide bonds. The number of ether oxygens (including phenoxy) is 1. The zero-order chi connectivity index (χ0) is 24.8. The highest BCUT2D eigenvalue weighted by atomic mass is 32.1. The van der Waals surface area contributed by atoms with Gasteiger partial charge in [-0.25, -0.2) is 24.7 Å². The Bertz CT molecular complexity index is 1190. The first-order chi connectivity index (χ1) is 15.9. The number of amides is 1. The Morgan fingerprint density at radius 2 is 1.94 bits per heavy atom. The second-order valence-corrected chi connectivity index (χ2v) is 11.8. The predicted molar refractivity (Wildman–Crippen MR) is 135 cm³/mol. The zero-order valence-electron chi connectivity index (χ0n) is 21.4. The molecule has 1 aliphatic heterocycles. The minimum Gasteiger partial charge on any atom is -0.444 e. The molecule has 0 spiro atoms. The number of aromatic nitrogens is 5. The van der Waals surface area contributed by atoms with E-state index in [1.807, 2.05) is 34.0 Å². The highest BCUT2D eigenvalue weighted by Crippen LogP contribution is 2.35. The summed E-state index contributed by atoms with van der Waals surface area (Å²) in [6.45, 7) is 16.2. The van der Waals surface area contributed by atoms with Crippen molar-refractivity contribution in [3.8, 4) is 10.7 Å². The lowest BCUT2D eigenvalue weighted by atomic mass is 9.98. The quantitative estimate of drug-likeness (QED) is 0.528. The van der Waals surface area contributed by atoms with Gasteiger partial charge in [0.1, 0.15) is 11.9 Å². The number of hydrogen-bond acceptors (Lipinski definition) is 8. The van der Waals surface area contributed by atoms with Crippen LogP contribution in [0.2, 0.25) is 0 Å². The molecule has 0 bridgehead atoms. The van der Waals surface area contributed by atoms with Crippen LogP contribution in [0, 0.1) is 0 Å². The molecule has 1 fully saturated rings. The van der Waals surface area contributed by atoms with Gasteiger partial charge in [-0.3, -0.25) is 0 Å². The molecule has 0 radical (unpaired) electrons. The lowest BCUT2D eigenvalue weighted by molar-refractivity contribution is 0.0292. The van der Waals surface area contributed by atoms with Crippen LogP contribution in [0.25, 0.3) is 21.9 Å². The van der Waals surface area contributed by atoms with Crippen molar-refractivity contribution < 1.29 is 9.53 Å². The summed E-state index contributed by atoms with van der Waals surface area (Å²) in [7, 11) is 2.01. The number of likely N-dealkylation sites (N-methyl/N-ethyl adjacent to an activating group) is 1. The fourth-order valence-corrected chi connectivity index (χ4v) is 5.09. The molecule has 1 saturated heterocycles. The van der Waals surface area contributed by atoms with Gasteiger partial charge >= 0.3 is 6.09 Å². The van der Waals surface area contributed by atoms with Gasteiger partial charge in [-0.15, -0.1) is 11.3 Å². The fourth-order valence-electron chi connectivity index (χ4n) is 4.12. The first-order valence-corrected chi connectivity index (χ1v) is 12.6. The molecule has 34 heavy (non-hydrogen) atoms. The van der Waals surface area contributed by atoms with Gasteiger partial charge in [0.05, 0.1) is 9.88 Å². The van der Waals surface area contributed by atoms with Gasteiger partial charge in [-0.2, -0.15) is 0 Å². The van der Waals surface area contributed by atoms with E-state index in [1.54, 1.807) is 22.6 Å². The Morgan fingerprint density at radius 3 is 2.56 bits per heavy atom. The normalized spacial score (nSPS) is 16.9. The number of carbonyl (C=O) groups is 1. The molecule has 0 aliphatic carbocycles. The molecule has 4 rings (SSSR count). The third-order valence-electron chi connectivity index (χ3n) is 5.89. The van der Waals surface area contributed by atoms with Crippen molar-refractivity contribution in [2.75, 3.05) is 25.0 Å². The molecule has 3 aromatic heterocycles. The summed E-state index contributed by atoms with van der Waals surface area (Å²) in [5, 5.41) is 1.08. The van der Waals surface area contributed by atoms with Crippen molar-refractivity contribution in [1.29, 1.82) is 0 Å². The number of aryl methyl sites for hydroxylation is 1. The van der Waals surface area contributed by atoms with E-state index >= 15 is 0 Å². The van der Waals surface area contributed by atoms with Crippen LogP contribution in [0.4, 0.5) is 10.6 Å². The third kappa shape index (κ3) is 4.73. The fraction of sp³-hybridized carbons (Fsp3) is 0.625. The number of hydrogen-bond donors (Lipinski definition) is 0. The molecule has 1 unspecified atom stereocenters. The smallest absolute Gasteiger partial charge is 0.410 e. The second kappa shape index (κ2) is 8.79. The standard InChI is InChI=1S/C24H35N7O2S/c1-9-31-18(16-12-25-21(34-16)23(2,3)4)28-17-19(26-14-27-20(17)31)29(8)15-10-11-30(13-15)22(32)33-24(5,6)7/h12,14-15H,9-11,13H2,1-8H3. The lowest BCUT2D eigenvalue weighted by Crippen LogP contribution is -2.39. The van der Waals surface area contributed by atoms with Gasteiger partial charge in [0.2, 0.25) is 0 Å². The molecular formula is C24H35N7O2S. The van der Waals surface area contributed by atoms with Gasteiger partial charge in [0.25, 0.3) is 0 Å². The summed E-state index contributed by atoms with van der Waals surface area (Å²) in [6.07, 6.45) is 4.07. The van der Waals surface area contributed by atoms with Crippen molar-refractivity contribution in [2.24, 2.45) is 0 Å². The summed E-state index contributed by atoms with van der Waals surface area (Å²) < 4.78 is 7.68. The average molecular weight is 486 g/mol. The molecule has 4 heterocycles. The van der Waals surface area contributed by atoms with E-state index in [2.05, 4.69) is 52.1 Å². The maximum absolute atomic E-state index is 12.5. The Hall–Kier alpha value is -2.75. The number of fused-ring (bicyclic) bond motifs is 1. The molecule has 10 heteroatoms. The number of anilines is 1. The SMILES string of the molecule is CCn1c(-c2cnc(C(C)(C)C)s2)nc2c(N(C)C3CCN(C(=O)OC(C)(C)C)C3)ncnc21. The maximum atomic E-state index is 12.5. The Kier molecular flexibility index (Phi) is 6.30. The van der Waals surface area contributed by atoms with Crippen LogP contribution in [-0.2, 0) is 16.7 Å². The summed E-state index contributed by atoms with van der Waals surface area (Å²) >= 11 is 1.67. The number of rotatable bonds is 4. The number of carbonyl (C=O) groups excluding carboxylic acids is 1. The van der Waals surface area contributed by atoms with Crippen molar-refractivity contribution in [1.82, 2.24) is 29.4 Å². The van der Waals surface area contributed by atoms with Crippen molar-refractivity contribution >= 4 is 34.4 Å². The monoisotopic (exact) mass is 485 g/mol. The van der Waals surface area contributed by atoms with Crippen molar-refractivity contribution in [3.05, 3.63) is 17.5 Å². The minimum absolute atomic E-state index is 0.0142. The highest BCUT2D eigenvalue weighted by molar-refractivity contribution is 7.15. The second-order valence-electron chi connectivity index (χ2n) is 10.8. The van der Waals surface area contributed by atoms with Gasteiger partial charge in [-0.05, 0) is 34.1 Å². The molecule has 9 nitrogen and oxygen atoms in total. The molecule has 1 atom stereocenters. The largest absolute Gasteiger partial charge is 0.444 e. The molecule has 3 aromatic rings. The van der Waals surface area contributed by atoms with Gasteiger partial charge in [-0.1, -0.05) is 20.8 Å². The highest BCUT2D eigenvalue weighted by Gasteiger charge is 2.33. The topological polar surface area (TPSA) is 89.3 Å². The van der Waals surface area contributed by atoms with E-state index in [9.17, 15) is 4.79 Å². The lowest BCUT2D eigenvalue weighted by Gasteiger charge is -2.27. The Morgan fingerprint density at radius 1 is 1.21 bits per heavy atom. The summed E-state index contributed by atoms with van der Waals surface area (Å²) in [4.78, 5) is 36.3. The van der Waals surface area contributed by atoms with Crippen LogP contribution >= 0.6 is 11.3 Å². The predicted octanol–water partition coefficient (Wildman–Crippen LogP) is 4.71. The van der Waals surface area contributed by atoms with E-state index in [4.69, 9.17) is 9.72 Å². The van der Waals surface area contributed by atoms with Gasteiger partial charge < -0.3 is 19.1 Å². The average Bonchev–Trinajstić information content (AvgIpc) is 3.48. The molecule has 184 valence electrons. The zero-order valence-corrected chi connectivity index (χ0v) is 22.2. The van der Waals surface area contributed by atoms with E-state index in [0.29, 0.717) is 13.1 Å². The van der Waals surface area contributed by atoms with E-state index < -0.39 is 5.60 Å². The Balaban J connectivity index is 1.64. The van der Waals surface area contributed by atoms with Crippen LogP contribution in [0.1, 0.15) is 59.9 Å². The number of imidazole rings is 1. The number of thiazole rings is 1. The number of likely N-dealkylation sites (tertiary alicyclic amines) is 1. The van der Waals surface area contributed by atoms with E-state index in [0.717, 1.165) is 45.7 Å². The van der Waals surface area contributed by atoms with Gasteiger partial charge in [0, 0.05) is 44.3 Å². The minimum atomic E-state index is -0.507. The van der Waals surface area contributed by atoms with Gasteiger partial charge in [0.15, 0.2) is 22.8 Å². The summed E-state index contributed by atoms with van der Waals surface area (Å²) in [5.74, 6) is 1.64. The van der Waals surface area contributed by atoms with E-state index in [-0.39, 0.29) is 17.6 Å². The Labute approximate surface area is 205 Å². The van der Waals surface area contributed by atoms with Crippen molar-refractivity contribution in [3.63, 3.8) is 0 Å². The molecular weight excluding hydrogens is 450 g/mol. The summed E-state index contributed by atoms with van der Waals surface area (Å²) in [5.41, 5.74) is 1.05. The number of nitrogens with zero attached hydrogens (tertiary/aromatic N) is 7. The van der Waals surface area contributed by atoms with Crippen LogP contribution < -0.4 is 4.90 Å². The van der Waals surface area contributed by atoms with Crippen LogP contribution in [-0.4, -0.2) is 67.3 Å². The molecule has 1 aliphatic rings. The molecule has 0 aromatic carbocycles. The first-order valence-electron chi connectivity index (χ1n) is 11.8. The van der Waals surface area contributed by atoms with Crippen LogP contribution in [0.3, 0.4) is 0 Å². The van der Waals surface area contributed by atoms with E-state index in [1.165, 1.54) is 0 Å². The van der Waals surface area contributed by atoms with Crippen LogP contribution in [0.5, 0.6) is 0 Å². The first kappa shape index (κ1) is 24.4. The molecule has 0 N–H and O–H groups in total. The summed E-state index contributed by atoms with van der Waals surface area (Å²) in [6, 6.07) is 0.122. The van der Waals surface area contributed by atoms with Crippen LogP contribution in [0.15, 0.2) is 12.5 Å². The molecule has 0 saturated carbocycles. The maximum Gasteiger partial charge on any atom is 0.410 e. The third-order valence-corrected chi connectivity index (χ3v) is 7.31. The van der Waals surface area contributed by atoms with Crippen molar-refractivity contribution in [2.45, 2.75) is 78.5 Å².